The van der Waals surface area contributed by atoms with Crippen molar-refractivity contribution in [3.63, 3.8) is 0 Å². The van der Waals surface area contributed by atoms with Gasteiger partial charge in [0, 0.05) is 22.5 Å². The van der Waals surface area contributed by atoms with E-state index in [0.29, 0.717) is 0 Å². The van der Waals surface area contributed by atoms with Crippen LogP contribution in [0.1, 0.15) is 26.7 Å². The summed E-state index contributed by atoms with van der Waals surface area (Å²) in [5.41, 5.74) is 0. The van der Waals surface area contributed by atoms with Gasteiger partial charge in [-0.3, -0.25) is 4.79 Å². The summed E-state index contributed by atoms with van der Waals surface area (Å²) in [4.78, 5) is 15.8. The molecule has 1 fully saturated rings. The van der Waals surface area contributed by atoms with Gasteiger partial charge in [0.2, 0.25) is 5.91 Å². The molecule has 1 amide bonds. The Labute approximate surface area is 146 Å². The van der Waals surface area contributed by atoms with Crippen molar-refractivity contribution >= 4 is 33.6 Å². The molecule has 0 aliphatic carbocycles. The van der Waals surface area contributed by atoms with E-state index in [0.717, 1.165) is 54.3 Å². The fourth-order valence-corrected chi connectivity index (χ4v) is 3.95. The Kier molecular flexibility index (Phi) is 7.25. The molecule has 0 radical (unpaired) electrons. The number of thioether (sulfide) groups is 1. The summed E-state index contributed by atoms with van der Waals surface area (Å²) in [5, 5.41) is 3.39. The number of carbonyl (C=O) groups excluding carboxylic acids is 1. The topological polar surface area (TPSA) is 32.3 Å². The minimum atomic E-state index is -0.0218. The van der Waals surface area contributed by atoms with Gasteiger partial charge in [-0.05, 0) is 63.0 Å². The Bertz CT molecular complexity index is 472. The van der Waals surface area contributed by atoms with E-state index in [2.05, 4.69) is 40.3 Å². The van der Waals surface area contributed by atoms with E-state index >= 15 is 0 Å². The Morgan fingerprint density at radius 1 is 1.36 bits per heavy atom. The van der Waals surface area contributed by atoms with Crippen LogP contribution in [-0.4, -0.2) is 42.2 Å². The van der Waals surface area contributed by atoms with Gasteiger partial charge >= 0.3 is 0 Å². The van der Waals surface area contributed by atoms with Gasteiger partial charge in [-0.2, -0.15) is 0 Å². The van der Waals surface area contributed by atoms with Crippen molar-refractivity contribution < 1.29 is 4.79 Å². The number of piperidine rings is 1. The van der Waals surface area contributed by atoms with E-state index in [1.807, 2.05) is 24.0 Å². The van der Waals surface area contributed by atoms with Crippen LogP contribution in [0.4, 0.5) is 0 Å². The van der Waals surface area contributed by atoms with Gasteiger partial charge < -0.3 is 10.2 Å². The third-order valence-corrected chi connectivity index (χ3v) is 5.71. The predicted molar refractivity (Wildman–Crippen MR) is 97.3 cm³/mol. The highest BCUT2D eigenvalue weighted by Crippen LogP contribution is 2.27. The molecular formula is C17H25BrN2OS. The number of carbonyl (C=O) groups is 1. The van der Waals surface area contributed by atoms with Crippen LogP contribution in [0.2, 0.25) is 0 Å². The zero-order valence-corrected chi connectivity index (χ0v) is 15.8. The Hall–Kier alpha value is -0.520. The molecule has 1 aromatic carbocycles. The van der Waals surface area contributed by atoms with Crippen LogP contribution in [0.25, 0.3) is 0 Å². The molecule has 1 N–H and O–H groups in total. The van der Waals surface area contributed by atoms with Gasteiger partial charge in [0.15, 0.2) is 0 Å². The molecule has 1 aliphatic heterocycles. The Balaban J connectivity index is 1.80. The largest absolute Gasteiger partial charge is 0.342 e. The monoisotopic (exact) mass is 384 g/mol. The lowest BCUT2D eigenvalue weighted by molar-refractivity contribution is -0.131. The van der Waals surface area contributed by atoms with Crippen LogP contribution in [0.3, 0.4) is 0 Å². The summed E-state index contributed by atoms with van der Waals surface area (Å²) in [7, 11) is 0. The molecule has 2 rings (SSSR count). The summed E-state index contributed by atoms with van der Waals surface area (Å²) >= 11 is 5.08. The van der Waals surface area contributed by atoms with Crippen LogP contribution in [0.5, 0.6) is 0 Å². The predicted octanol–water partition coefficient (Wildman–Crippen LogP) is 3.78. The van der Waals surface area contributed by atoms with Crippen molar-refractivity contribution in [3.05, 3.63) is 28.7 Å². The first-order valence-electron chi connectivity index (χ1n) is 8.02. The zero-order valence-electron chi connectivity index (χ0n) is 13.3. The number of halogens is 1. The first kappa shape index (κ1) is 17.8. The van der Waals surface area contributed by atoms with Gasteiger partial charge in [0.25, 0.3) is 0 Å². The highest BCUT2D eigenvalue weighted by Gasteiger charge is 2.26. The molecule has 5 heteroatoms. The van der Waals surface area contributed by atoms with Gasteiger partial charge in [-0.15, -0.1) is 11.8 Å². The molecule has 1 aromatic rings. The molecule has 1 saturated heterocycles. The summed E-state index contributed by atoms with van der Waals surface area (Å²) in [6, 6.07) is 8.15. The molecule has 22 heavy (non-hydrogen) atoms. The van der Waals surface area contributed by atoms with Crippen LogP contribution in [-0.2, 0) is 4.79 Å². The maximum absolute atomic E-state index is 12.6. The highest BCUT2D eigenvalue weighted by atomic mass is 79.9. The minimum Gasteiger partial charge on any atom is -0.342 e. The number of amides is 1. The number of nitrogens with zero attached hydrogens (tertiary/aromatic N) is 1. The average Bonchev–Trinajstić information content (AvgIpc) is 2.55. The molecule has 0 aromatic heterocycles. The van der Waals surface area contributed by atoms with Crippen molar-refractivity contribution in [2.45, 2.75) is 36.8 Å². The maximum Gasteiger partial charge on any atom is 0.235 e. The van der Waals surface area contributed by atoms with Crippen LogP contribution >= 0.6 is 27.7 Å². The van der Waals surface area contributed by atoms with Gasteiger partial charge in [0.05, 0.1) is 5.25 Å². The maximum atomic E-state index is 12.6. The Morgan fingerprint density at radius 2 is 2.00 bits per heavy atom. The highest BCUT2D eigenvalue weighted by molar-refractivity contribution is 9.10. The van der Waals surface area contributed by atoms with Crippen molar-refractivity contribution in [3.8, 4) is 0 Å². The molecule has 0 bridgehead atoms. The molecule has 0 spiro atoms. The van der Waals surface area contributed by atoms with Crippen LogP contribution in [0, 0.1) is 5.92 Å². The molecule has 3 nitrogen and oxygen atoms in total. The minimum absolute atomic E-state index is 0.0218. The van der Waals surface area contributed by atoms with Gasteiger partial charge in [0.1, 0.15) is 0 Å². The van der Waals surface area contributed by atoms with E-state index in [1.54, 1.807) is 11.8 Å². The lowest BCUT2D eigenvalue weighted by Crippen LogP contribution is -2.43. The fourth-order valence-electron chi connectivity index (χ4n) is 2.73. The molecular weight excluding hydrogens is 360 g/mol. The average molecular weight is 385 g/mol. The van der Waals surface area contributed by atoms with Gasteiger partial charge in [-0.25, -0.2) is 0 Å². The quantitative estimate of drug-likeness (QED) is 0.757. The number of rotatable bonds is 6. The molecule has 1 aliphatic rings. The summed E-state index contributed by atoms with van der Waals surface area (Å²) < 4.78 is 1.07. The molecule has 1 atom stereocenters. The molecule has 0 saturated carbocycles. The summed E-state index contributed by atoms with van der Waals surface area (Å²) in [6.07, 6.45) is 2.24. The molecule has 1 unspecified atom stereocenters. The first-order chi connectivity index (χ1) is 10.6. The third-order valence-electron chi connectivity index (χ3n) is 4.08. The van der Waals surface area contributed by atoms with E-state index in [4.69, 9.17) is 0 Å². The normalized spacial score (nSPS) is 17.5. The van der Waals surface area contributed by atoms with Crippen LogP contribution < -0.4 is 5.32 Å². The van der Waals surface area contributed by atoms with Crippen molar-refractivity contribution in [1.82, 2.24) is 10.2 Å². The van der Waals surface area contributed by atoms with E-state index in [1.165, 1.54) is 0 Å². The number of benzene rings is 1. The Morgan fingerprint density at radius 3 is 2.59 bits per heavy atom. The zero-order chi connectivity index (χ0) is 15.9. The van der Waals surface area contributed by atoms with E-state index in [9.17, 15) is 4.79 Å². The van der Waals surface area contributed by atoms with Crippen molar-refractivity contribution in [2.24, 2.45) is 5.92 Å². The van der Waals surface area contributed by atoms with E-state index < -0.39 is 0 Å². The standard InChI is InChI=1S/C17H25BrN2OS/c1-3-19-12-14-8-10-20(11-9-14)17(21)13(2)22-16-6-4-15(18)5-7-16/h4-7,13-14,19H,3,8-12H2,1-2H3. The summed E-state index contributed by atoms with van der Waals surface area (Å²) in [6.45, 7) is 8.07. The smallest absolute Gasteiger partial charge is 0.235 e. The third kappa shape index (κ3) is 5.28. The second-order valence-corrected chi connectivity index (χ2v) is 8.12. The second kappa shape index (κ2) is 8.94. The van der Waals surface area contributed by atoms with Gasteiger partial charge in [-0.1, -0.05) is 22.9 Å². The van der Waals surface area contributed by atoms with E-state index in [-0.39, 0.29) is 11.2 Å². The lowest BCUT2D eigenvalue weighted by Gasteiger charge is -2.33. The van der Waals surface area contributed by atoms with Crippen LogP contribution in [0.15, 0.2) is 33.6 Å². The SMILES string of the molecule is CCNCC1CCN(C(=O)C(C)Sc2ccc(Br)cc2)CC1. The molecule has 122 valence electrons. The first-order valence-corrected chi connectivity index (χ1v) is 9.69. The molecule has 1 heterocycles. The number of hydrogen-bond donors (Lipinski definition) is 1. The lowest BCUT2D eigenvalue weighted by atomic mass is 9.96. The van der Waals surface area contributed by atoms with Crippen molar-refractivity contribution in [1.29, 1.82) is 0 Å². The van der Waals surface area contributed by atoms with Crippen molar-refractivity contribution in [2.75, 3.05) is 26.2 Å². The number of likely N-dealkylation sites (tertiary alicyclic amines) is 1. The summed E-state index contributed by atoms with van der Waals surface area (Å²) in [5.74, 6) is 0.994. The number of hydrogen-bond acceptors (Lipinski definition) is 3. The fraction of sp³-hybridized carbons (Fsp3) is 0.588. The number of nitrogens with one attached hydrogen (secondary N) is 1. The second-order valence-electron chi connectivity index (χ2n) is 5.79.